The van der Waals surface area contributed by atoms with Crippen LogP contribution in [0.25, 0.3) is 10.4 Å². The molecule has 1 saturated heterocycles. The molecular formula is C27H29N3O3S. The molecule has 3 aromatic rings. The summed E-state index contributed by atoms with van der Waals surface area (Å²) in [6.07, 6.45) is 5.16. The molecule has 34 heavy (non-hydrogen) atoms. The van der Waals surface area contributed by atoms with E-state index in [9.17, 15) is 9.59 Å². The summed E-state index contributed by atoms with van der Waals surface area (Å²) in [6, 6.07) is 16.1. The van der Waals surface area contributed by atoms with Gasteiger partial charge in [0.25, 0.3) is 5.91 Å². The number of piperidine rings is 1. The van der Waals surface area contributed by atoms with E-state index in [1.54, 1.807) is 42.7 Å². The number of hydrogen-bond acceptors (Lipinski definition) is 6. The highest BCUT2D eigenvalue weighted by Gasteiger charge is 2.36. The molecular weight excluding hydrogens is 446 g/mol. The quantitative estimate of drug-likeness (QED) is 0.457. The minimum absolute atomic E-state index is 0.127. The van der Waals surface area contributed by atoms with Crippen molar-refractivity contribution in [1.29, 1.82) is 0 Å². The lowest BCUT2D eigenvalue weighted by Crippen LogP contribution is -2.55. The maximum Gasteiger partial charge on any atom is 0.252 e. The number of ether oxygens (including phenoxy) is 1. The molecule has 1 aliphatic carbocycles. The summed E-state index contributed by atoms with van der Waals surface area (Å²) in [5.41, 5.74) is 1.93. The molecule has 2 aliphatic rings. The predicted octanol–water partition coefficient (Wildman–Crippen LogP) is 4.82. The van der Waals surface area contributed by atoms with Crippen LogP contribution in [0.15, 0.2) is 54.6 Å². The van der Waals surface area contributed by atoms with Crippen molar-refractivity contribution in [3.63, 3.8) is 0 Å². The van der Waals surface area contributed by atoms with E-state index < -0.39 is 6.04 Å². The molecule has 0 spiro atoms. The highest BCUT2D eigenvalue weighted by atomic mass is 32.1. The lowest BCUT2D eigenvalue weighted by Gasteiger charge is -2.31. The van der Waals surface area contributed by atoms with Crippen molar-refractivity contribution in [1.82, 2.24) is 15.6 Å². The molecule has 2 aromatic carbocycles. The number of methoxy groups -OCH3 is 1. The Morgan fingerprint density at radius 3 is 2.62 bits per heavy atom. The lowest BCUT2D eigenvalue weighted by atomic mass is 9.92. The Morgan fingerprint density at radius 1 is 1.09 bits per heavy atom. The number of benzene rings is 2. The average molecular weight is 476 g/mol. The zero-order chi connectivity index (χ0) is 23.5. The summed E-state index contributed by atoms with van der Waals surface area (Å²) in [5.74, 6) is 0.638. The van der Waals surface area contributed by atoms with Crippen molar-refractivity contribution in [3.05, 3.63) is 70.9 Å². The van der Waals surface area contributed by atoms with Gasteiger partial charge in [-0.05, 0) is 56.0 Å². The van der Waals surface area contributed by atoms with Crippen LogP contribution < -0.4 is 15.4 Å². The first-order chi connectivity index (χ1) is 16.6. The summed E-state index contributed by atoms with van der Waals surface area (Å²) in [5, 5.41) is 7.53. The second-order valence-corrected chi connectivity index (χ2v) is 10.0. The van der Waals surface area contributed by atoms with Gasteiger partial charge in [-0.3, -0.25) is 9.59 Å². The van der Waals surface area contributed by atoms with Crippen LogP contribution in [0.4, 0.5) is 0 Å². The molecule has 1 amide bonds. The molecule has 2 unspecified atom stereocenters. The van der Waals surface area contributed by atoms with Gasteiger partial charge in [0.1, 0.15) is 17.5 Å². The Bertz CT molecular complexity index is 1170. The van der Waals surface area contributed by atoms with Gasteiger partial charge in [-0.1, -0.05) is 42.8 Å². The topological polar surface area (TPSA) is 80.3 Å². The summed E-state index contributed by atoms with van der Waals surface area (Å²) >= 11 is 1.61. The molecule has 0 radical (unpaired) electrons. The second-order valence-electron chi connectivity index (χ2n) is 8.97. The van der Waals surface area contributed by atoms with Gasteiger partial charge in [0.15, 0.2) is 0 Å². The zero-order valence-corrected chi connectivity index (χ0v) is 20.1. The van der Waals surface area contributed by atoms with Gasteiger partial charge in [-0.2, -0.15) is 0 Å². The first-order valence-electron chi connectivity index (χ1n) is 11.9. The Labute approximate surface area is 203 Å². The molecule has 0 bridgehead atoms. The number of rotatable bonds is 8. The Balaban J connectivity index is 1.49. The second kappa shape index (κ2) is 10.1. The van der Waals surface area contributed by atoms with Crippen LogP contribution >= 0.6 is 11.3 Å². The largest absolute Gasteiger partial charge is 0.497 e. The SMILES string of the molecule is COc1cccc(C(=O)NC(C(=O)c2nc(C3CC3)sc2-c2ccccc2)C2CCCCN2)c1. The van der Waals surface area contributed by atoms with Crippen LogP contribution in [0, 0.1) is 0 Å². The van der Waals surface area contributed by atoms with E-state index in [4.69, 9.17) is 9.72 Å². The number of Topliss-reactive ketones (excluding diaryl/α,β-unsaturated/α-hetero) is 1. The molecule has 7 heteroatoms. The van der Waals surface area contributed by atoms with Crippen LogP contribution in [-0.4, -0.2) is 42.4 Å². The van der Waals surface area contributed by atoms with Crippen molar-refractivity contribution >= 4 is 23.0 Å². The smallest absolute Gasteiger partial charge is 0.252 e. The van der Waals surface area contributed by atoms with Crippen LogP contribution in [0.1, 0.15) is 63.9 Å². The first-order valence-corrected chi connectivity index (χ1v) is 12.7. The third-order valence-corrected chi connectivity index (χ3v) is 7.76. The fraction of sp³-hybridized carbons (Fsp3) is 0.370. The number of ketones is 1. The number of thiazole rings is 1. The molecule has 5 rings (SSSR count). The van der Waals surface area contributed by atoms with E-state index in [-0.39, 0.29) is 17.7 Å². The number of aromatic nitrogens is 1. The van der Waals surface area contributed by atoms with E-state index in [1.807, 2.05) is 30.3 Å². The lowest BCUT2D eigenvalue weighted by molar-refractivity contribution is 0.0823. The number of carbonyl (C=O) groups excluding carboxylic acids is 2. The van der Waals surface area contributed by atoms with Crippen molar-refractivity contribution in [3.8, 4) is 16.2 Å². The van der Waals surface area contributed by atoms with Crippen LogP contribution in [0.5, 0.6) is 5.75 Å². The standard InChI is InChI=1S/C27H29N3O3S/c1-33-20-11-7-10-19(16-20)26(32)29-22(21-12-5-6-15-28-21)24(31)23-25(17-8-3-2-4-9-17)34-27(30-23)18-13-14-18/h2-4,7-11,16,18,21-22,28H,5-6,12-15H2,1H3,(H,29,32). The van der Waals surface area contributed by atoms with Gasteiger partial charge in [-0.15, -0.1) is 11.3 Å². The zero-order valence-electron chi connectivity index (χ0n) is 19.3. The molecule has 2 atom stereocenters. The number of nitrogens with one attached hydrogen (secondary N) is 2. The summed E-state index contributed by atoms with van der Waals surface area (Å²) in [7, 11) is 1.57. The molecule has 1 aromatic heterocycles. The monoisotopic (exact) mass is 475 g/mol. The third-order valence-electron chi connectivity index (χ3n) is 6.49. The number of nitrogens with zero attached hydrogens (tertiary/aromatic N) is 1. The normalized spacial score (nSPS) is 18.8. The summed E-state index contributed by atoms with van der Waals surface area (Å²) in [6.45, 7) is 0.833. The van der Waals surface area contributed by atoms with E-state index in [0.29, 0.717) is 22.9 Å². The highest BCUT2D eigenvalue weighted by molar-refractivity contribution is 7.15. The fourth-order valence-electron chi connectivity index (χ4n) is 4.44. The summed E-state index contributed by atoms with van der Waals surface area (Å²) < 4.78 is 5.27. The number of carbonyl (C=O) groups is 2. The molecule has 2 N–H and O–H groups in total. The predicted molar refractivity (Wildman–Crippen MR) is 134 cm³/mol. The molecule has 176 valence electrons. The van der Waals surface area contributed by atoms with Gasteiger partial charge >= 0.3 is 0 Å². The molecule has 2 heterocycles. The molecule has 1 aliphatic heterocycles. The van der Waals surface area contributed by atoms with E-state index >= 15 is 0 Å². The van der Waals surface area contributed by atoms with Gasteiger partial charge in [0.2, 0.25) is 5.78 Å². The molecule has 1 saturated carbocycles. The molecule has 2 fully saturated rings. The Kier molecular flexibility index (Phi) is 6.74. The maximum atomic E-state index is 14.0. The van der Waals surface area contributed by atoms with Crippen LogP contribution in [-0.2, 0) is 0 Å². The Hall–Kier alpha value is -3.03. The molecule has 6 nitrogen and oxygen atoms in total. The van der Waals surface area contributed by atoms with Gasteiger partial charge in [0.05, 0.1) is 17.0 Å². The summed E-state index contributed by atoms with van der Waals surface area (Å²) in [4.78, 5) is 33.0. The van der Waals surface area contributed by atoms with Crippen molar-refractivity contribution in [2.24, 2.45) is 0 Å². The van der Waals surface area contributed by atoms with E-state index in [2.05, 4.69) is 10.6 Å². The van der Waals surface area contributed by atoms with E-state index in [1.165, 1.54) is 0 Å². The third kappa shape index (κ3) is 4.91. The van der Waals surface area contributed by atoms with Crippen LogP contribution in [0.3, 0.4) is 0 Å². The van der Waals surface area contributed by atoms with Crippen molar-refractivity contribution in [2.75, 3.05) is 13.7 Å². The van der Waals surface area contributed by atoms with Gasteiger partial charge in [0, 0.05) is 17.5 Å². The maximum absolute atomic E-state index is 14.0. The van der Waals surface area contributed by atoms with Crippen molar-refractivity contribution in [2.45, 2.75) is 50.1 Å². The minimum Gasteiger partial charge on any atom is -0.497 e. The number of amides is 1. The van der Waals surface area contributed by atoms with Gasteiger partial charge < -0.3 is 15.4 Å². The van der Waals surface area contributed by atoms with Crippen molar-refractivity contribution < 1.29 is 14.3 Å². The average Bonchev–Trinajstić information content (AvgIpc) is 3.66. The first kappa shape index (κ1) is 22.7. The van der Waals surface area contributed by atoms with Gasteiger partial charge in [-0.25, -0.2) is 4.98 Å². The Morgan fingerprint density at radius 2 is 1.91 bits per heavy atom. The van der Waals surface area contributed by atoms with E-state index in [0.717, 1.165) is 54.1 Å². The highest BCUT2D eigenvalue weighted by Crippen LogP contribution is 2.45. The fourth-order valence-corrected chi connectivity index (χ4v) is 5.69. The van der Waals surface area contributed by atoms with Crippen LogP contribution in [0.2, 0.25) is 0 Å². The number of hydrogen-bond donors (Lipinski definition) is 2. The minimum atomic E-state index is -0.699.